The van der Waals surface area contributed by atoms with E-state index in [-0.39, 0.29) is 6.04 Å². The molecule has 0 bridgehead atoms. The Labute approximate surface area is 119 Å². The molecule has 0 aliphatic rings. The van der Waals surface area contributed by atoms with Gasteiger partial charge in [-0.05, 0) is 41.8 Å². The van der Waals surface area contributed by atoms with Gasteiger partial charge in [0.25, 0.3) is 0 Å². The molecule has 2 rings (SSSR count). The molecule has 102 valence electrons. The van der Waals surface area contributed by atoms with Crippen molar-refractivity contribution in [2.75, 3.05) is 12.4 Å². The van der Waals surface area contributed by atoms with Gasteiger partial charge in [-0.1, -0.05) is 31.2 Å². The van der Waals surface area contributed by atoms with E-state index in [4.69, 9.17) is 4.74 Å². The fourth-order valence-corrected chi connectivity index (χ4v) is 1.99. The van der Waals surface area contributed by atoms with Crippen LogP contribution in [-0.2, 0) is 6.42 Å². The molecule has 0 radical (unpaired) electrons. The van der Waals surface area contributed by atoms with Gasteiger partial charge in [0.2, 0.25) is 0 Å². The fourth-order valence-electron chi connectivity index (χ4n) is 1.99. The van der Waals surface area contributed by atoms with Crippen molar-refractivity contribution >= 4 is 5.69 Å². The van der Waals surface area contributed by atoms with Crippen LogP contribution >= 0.6 is 0 Å². The van der Waals surface area contributed by atoms with Crippen molar-refractivity contribution in [3.8, 4) is 11.8 Å². The Morgan fingerprint density at radius 1 is 1.10 bits per heavy atom. The fraction of sp³-hybridized carbons (Fsp3) is 0.235. The Morgan fingerprint density at radius 3 is 2.25 bits per heavy atom. The average Bonchev–Trinajstić information content (AvgIpc) is 2.53. The molecule has 0 amide bonds. The quantitative estimate of drug-likeness (QED) is 0.891. The number of benzene rings is 2. The molecule has 0 aliphatic carbocycles. The van der Waals surface area contributed by atoms with Gasteiger partial charge in [-0.2, -0.15) is 5.26 Å². The van der Waals surface area contributed by atoms with Gasteiger partial charge in [0.15, 0.2) is 0 Å². The van der Waals surface area contributed by atoms with Crippen molar-refractivity contribution in [2.45, 2.75) is 19.4 Å². The summed E-state index contributed by atoms with van der Waals surface area (Å²) in [5.41, 5.74) is 3.15. The van der Waals surface area contributed by atoms with Crippen molar-refractivity contribution in [2.24, 2.45) is 0 Å². The molecule has 1 unspecified atom stereocenters. The van der Waals surface area contributed by atoms with Crippen molar-refractivity contribution in [3.63, 3.8) is 0 Å². The van der Waals surface area contributed by atoms with Crippen LogP contribution in [0.4, 0.5) is 5.69 Å². The number of aryl methyl sites for hydroxylation is 1. The Kier molecular flexibility index (Phi) is 4.62. The van der Waals surface area contributed by atoms with Crippen LogP contribution in [0.2, 0.25) is 0 Å². The van der Waals surface area contributed by atoms with E-state index in [9.17, 15) is 5.26 Å². The molecule has 1 N–H and O–H groups in total. The van der Waals surface area contributed by atoms with Crippen LogP contribution in [0.3, 0.4) is 0 Å². The summed E-state index contributed by atoms with van der Waals surface area (Å²) in [5, 5.41) is 12.5. The molecule has 3 heteroatoms. The van der Waals surface area contributed by atoms with Crippen LogP contribution in [0.5, 0.6) is 5.75 Å². The van der Waals surface area contributed by atoms with Crippen LogP contribution in [0, 0.1) is 11.3 Å². The maximum absolute atomic E-state index is 9.33. The summed E-state index contributed by atoms with van der Waals surface area (Å²) >= 11 is 0. The van der Waals surface area contributed by atoms with Gasteiger partial charge >= 0.3 is 0 Å². The molecule has 2 aromatic carbocycles. The van der Waals surface area contributed by atoms with Crippen molar-refractivity contribution in [1.29, 1.82) is 5.26 Å². The first kappa shape index (κ1) is 14.0. The van der Waals surface area contributed by atoms with E-state index >= 15 is 0 Å². The van der Waals surface area contributed by atoms with E-state index in [0.717, 1.165) is 23.4 Å². The Morgan fingerprint density at radius 2 is 1.75 bits per heavy atom. The van der Waals surface area contributed by atoms with Gasteiger partial charge < -0.3 is 10.1 Å². The minimum absolute atomic E-state index is 0.352. The Balaban J connectivity index is 2.13. The van der Waals surface area contributed by atoms with Gasteiger partial charge in [0, 0.05) is 5.69 Å². The number of hydrogen-bond acceptors (Lipinski definition) is 3. The number of nitriles is 1. The van der Waals surface area contributed by atoms with Gasteiger partial charge in [-0.15, -0.1) is 0 Å². The molecular weight excluding hydrogens is 248 g/mol. The summed E-state index contributed by atoms with van der Waals surface area (Å²) in [7, 11) is 1.63. The lowest BCUT2D eigenvalue weighted by atomic mass is 10.0. The predicted molar refractivity (Wildman–Crippen MR) is 80.8 cm³/mol. The maximum Gasteiger partial charge on any atom is 0.140 e. The first-order valence-electron chi connectivity index (χ1n) is 6.66. The van der Waals surface area contributed by atoms with Crippen molar-refractivity contribution < 1.29 is 4.74 Å². The van der Waals surface area contributed by atoms with E-state index in [1.807, 2.05) is 36.4 Å². The number of anilines is 1. The highest BCUT2D eigenvalue weighted by Crippen LogP contribution is 2.21. The lowest BCUT2D eigenvalue weighted by molar-refractivity contribution is 0.415. The van der Waals surface area contributed by atoms with E-state index < -0.39 is 0 Å². The summed E-state index contributed by atoms with van der Waals surface area (Å²) in [5.74, 6) is 0.802. The van der Waals surface area contributed by atoms with Crippen LogP contribution in [0.15, 0.2) is 48.5 Å². The number of hydrogen-bond donors (Lipinski definition) is 1. The smallest absolute Gasteiger partial charge is 0.140 e. The van der Waals surface area contributed by atoms with E-state index in [1.165, 1.54) is 5.56 Å². The van der Waals surface area contributed by atoms with E-state index in [0.29, 0.717) is 0 Å². The molecule has 0 saturated heterocycles. The zero-order valence-corrected chi connectivity index (χ0v) is 11.8. The SMILES string of the molecule is CCc1ccc(C(C#N)Nc2ccc(OC)cc2)cc1. The first-order valence-corrected chi connectivity index (χ1v) is 6.66. The molecule has 0 fully saturated rings. The second-order valence-corrected chi connectivity index (χ2v) is 4.53. The largest absolute Gasteiger partial charge is 0.497 e. The average molecular weight is 266 g/mol. The zero-order valence-electron chi connectivity index (χ0n) is 11.8. The normalized spacial score (nSPS) is 11.4. The minimum Gasteiger partial charge on any atom is -0.497 e. The monoisotopic (exact) mass is 266 g/mol. The molecule has 0 heterocycles. The van der Waals surface area contributed by atoms with Crippen LogP contribution in [-0.4, -0.2) is 7.11 Å². The third-order valence-electron chi connectivity index (χ3n) is 3.25. The first-order chi connectivity index (χ1) is 9.76. The van der Waals surface area contributed by atoms with Gasteiger partial charge in [-0.3, -0.25) is 0 Å². The van der Waals surface area contributed by atoms with Crippen LogP contribution < -0.4 is 10.1 Å². The molecule has 20 heavy (non-hydrogen) atoms. The molecule has 3 nitrogen and oxygen atoms in total. The summed E-state index contributed by atoms with van der Waals surface area (Å²) in [6.07, 6.45) is 1.00. The summed E-state index contributed by atoms with van der Waals surface area (Å²) in [4.78, 5) is 0. The number of nitrogens with one attached hydrogen (secondary N) is 1. The molecule has 0 aliphatic heterocycles. The van der Waals surface area contributed by atoms with Crippen molar-refractivity contribution in [1.82, 2.24) is 0 Å². The van der Waals surface area contributed by atoms with Crippen LogP contribution in [0.25, 0.3) is 0 Å². The Hall–Kier alpha value is -2.47. The standard InChI is InChI=1S/C17H18N2O/c1-3-13-4-6-14(7-5-13)17(12-18)19-15-8-10-16(20-2)11-9-15/h4-11,17,19H,3H2,1-2H3. The van der Waals surface area contributed by atoms with Crippen molar-refractivity contribution in [3.05, 3.63) is 59.7 Å². The second-order valence-electron chi connectivity index (χ2n) is 4.53. The molecular formula is C17H18N2O. The zero-order chi connectivity index (χ0) is 14.4. The summed E-state index contributed by atoms with van der Waals surface area (Å²) in [6, 6.07) is 17.6. The minimum atomic E-state index is -0.352. The molecule has 0 saturated carbocycles. The third kappa shape index (κ3) is 3.30. The summed E-state index contributed by atoms with van der Waals surface area (Å²) < 4.78 is 5.12. The highest BCUT2D eigenvalue weighted by Gasteiger charge is 2.10. The highest BCUT2D eigenvalue weighted by molar-refractivity contribution is 5.50. The van der Waals surface area contributed by atoms with E-state index in [2.05, 4.69) is 30.4 Å². The molecule has 1 atom stereocenters. The number of ether oxygens (including phenoxy) is 1. The molecule has 0 aromatic heterocycles. The second kappa shape index (κ2) is 6.63. The van der Waals surface area contributed by atoms with Gasteiger partial charge in [-0.25, -0.2) is 0 Å². The van der Waals surface area contributed by atoms with Gasteiger partial charge in [0.1, 0.15) is 11.8 Å². The van der Waals surface area contributed by atoms with E-state index in [1.54, 1.807) is 7.11 Å². The van der Waals surface area contributed by atoms with Gasteiger partial charge in [0.05, 0.1) is 13.2 Å². The lowest BCUT2D eigenvalue weighted by Crippen LogP contribution is -2.08. The Bertz CT molecular complexity index is 582. The highest BCUT2D eigenvalue weighted by atomic mass is 16.5. The maximum atomic E-state index is 9.33. The third-order valence-corrected chi connectivity index (χ3v) is 3.25. The molecule has 2 aromatic rings. The summed E-state index contributed by atoms with van der Waals surface area (Å²) in [6.45, 7) is 2.12. The predicted octanol–water partition coefficient (Wildman–Crippen LogP) is 3.93. The molecule has 0 spiro atoms. The number of nitrogens with zero attached hydrogens (tertiary/aromatic N) is 1. The lowest BCUT2D eigenvalue weighted by Gasteiger charge is -2.14. The topological polar surface area (TPSA) is 45.0 Å². The number of methoxy groups -OCH3 is 1. The van der Waals surface area contributed by atoms with Crippen LogP contribution in [0.1, 0.15) is 24.1 Å². The number of rotatable bonds is 5.